The van der Waals surface area contributed by atoms with Crippen molar-refractivity contribution < 1.29 is 16.8 Å². The maximum Gasteiger partial charge on any atom is 0 e. The van der Waals surface area contributed by atoms with Crippen LogP contribution in [0.5, 0.6) is 0 Å². The number of nitrogens with zero attached hydrogens (tertiary/aromatic N) is 3. The molecule has 0 aromatic carbocycles. The second-order valence-corrected chi connectivity index (χ2v) is 0.822. The quantitative estimate of drug-likeness (QED) is 0.481. The average Bonchev–Trinajstić information content (AvgIpc) is 1.70. The van der Waals surface area contributed by atoms with Crippen LogP contribution in [0.3, 0.4) is 0 Å². The average molecular weight is 281 g/mol. The van der Waals surface area contributed by atoms with Crippen molar-refractivity contribution in [2.45, 2.75) is 0 Å². The zero-order valence-electron chi connectivity index (χ0n) is 6.13. The van der Waals surface area contributed by atoms with E-state index in [-0.39, 0.29) is 35.2 Å². The Morgan fingerprint density at radius 3 is 0.615 bits per heavy atom. The van der Waals surface area contributed by atoms with Gasteiger partial charge in [0.1, 0.15) is 0 Å². The predicted octanol–water partition coefficient (Wildman–Crippen LogP) is 4.12. The summed E-state index contributed by atoms with van der Waals surface area (Å²) in [6.45, 7) is 0. The maximum atomic E-state index is 7.13. The van der Waals surface area contributed by atoms with Gasteiger partial charge in [-0.05, 0) is 0 Å². The largest absolute Gasteiger partial charge is 0.753 e. The summed E-state index contributed by atoms with van der Waals surface area (Å²) in [6, 6.07) is 0. The fraction of sp³-hybridized carbons (Fsp3) is 0. The van der Waals surface area contributed by atoms with Crippen LogP contribution in [0.25, 0.3) is 34.7 Å². The Labute approximate surface area is 103 Å². The van der Waals surface area contributed by atoms with E-state index in [4.69, 9.17) is 16.2 Å². The van der Waals surface area contributed by atoms with E-state index < -0.39 is 0 Å². The monoisotopic (exact) mass is 281 g/mol. The van der Waals surface area contributed by atoms with Crippen LogP contribution in [0.1, 0.15) is 0 Å². The van der Waals surface area contributed by atoms with Crippen LogP contribution in [-0.4, -0.2) is 15.5 Å². The van der Waals surface area contributed by atoms with E-state index in [0.717, 1.165) is 0 Å². The first-order valence-corrected chi connectivity index (χ1v) is 2.51. The van der Waals surface area contributed by atoms with Gasteiger partial charge in [-0.25, -0.2) is 0 Å². The number of thiocarbonyl (C=S) groups is 3. The molecular weight excluding hydrogens is 275 g/mol. The summed E-state index contributed by atoms with van der Waals surface area (Å²) in [7, 11) is 0. The third-order valence-electron chi connectivity index (χ3n) is 0. The van der Waals surface area contributed by atoms with Gasteiger partial charge in [-0.3, -0.25) is 0 Å². The smallest absolute Gasteiger partial charge is 0 e. The van der Waals surface area contributed by atoms with Crippen LogP contribution in [-0.2, 0) is 16.8 Å². The summed E-state index contributed by atoms with van der Waals surface area (Å²) in [5.74, 6) is 0. The molecule has 0 heterocycles. The van der Waals surface area contributed by atoms with Crippen molar-refractivity contribution in [3.8, 4) is 0 Å². The van der Waals surface area contributed by atoms with E-state index in [1.165, 1.54) is 15.5 Å². The van der Waals surface area contributed by atoms with Crippen LogP contribution in [0.4, 0.5) is 0 Å². The van der Waals surface area contributed by atoms with Crippen LogP contribution in [0.15, 0.2) is 0 Å². The zero-order chi connectivity index (χ0) is 8.12. The Bertz CT molecular complexity index is 115. The molecule has 0 aliphatic carbocycles. The molecule has 0 saturated carbocycles. The van der Waals surface area contributed by atoms with Crippen LogP contribution in [0, 0.1) is 0 Å². The van der Waals surface area contributed by atoms with Crippen LogP contribution >= 0.6 is 36.7 Å². The summed E-state index contributed by atoms with van der Waals surface area (Å²) in [5, 5.41) is 25.4. The van der Waals surface area contributed by atoms with Gasteiger partial charge in [0.15, 0.2) is 0 Å². The summed E-state index contributed by atoms with van der Waals surface area (Å²) < 4.78 is 0. The number of nitrogens with two attached hydrogens (primary N) is 3. The predicted molar refractivity (Wildman–Crippen MR) is 63.7 cm³/mol. The van der Waals surface area contributed by atoms with Crippen molar-refractivity contribution in [3.05, 3.63) is 34.7 Å². The van der Waals surface area contributed by atoms with Crippen molar-refractivity contribution in [2.24, 2.45) is 0 Å². The van der Waals surface area contributed by atoms with Crippen molar-refractivity contribution in [2.75, 3.05) is 0 Å². The molecule has 10 heteroatoms. The van der Waals surface area contributed by atoms with Crippen LogP contribution < -0.4 is 0 Å². The molecule has 0 aliphatic rings. The zero-order valence-corrected chi connectivity index (χ0v) is 9.62. The second-order valence-electron chi connectivity index (χ2n) is 0.274. The molecule has 0 atom stereocenters. The van der Waals surface area contributed by atoms with Gasteiger partial charge in [0.25, 0.3) is 0 Å². The van der Waals surface area contributed by atoms with E-state index in [9.17, 15) is 0 Å². The van der Waals surface area contributed by atoms with Gasteiger partial charge >= 0.3 is 0 Å². The molecule has 0 bridgehead atoms. The molecule has 6 nitrogen and oxygen atoms in total. The van der Waals surface area contributed by atoms with Crippen molar-refractivity contribution in [1.29, 1.82) is 0 Å². The van der Waals surface area contributed by atoms with E-state index in [2.05, 4.69) is 36.7 Å². The Balaban J connectivity index is -0.00000000720. The van der Waals surface area contributed by atoms with E-state index >= 15 is 0 Å². The minimum atomic E-state index is 0. The SMILES string of the molecule is [Co].[N-]=C=S.[N-]=C=S.[N-]=C=S.[NH2-].[NH2-].[NH2-]. The Morgan fingerprint density at radius 2 is 0.615 bits per heavy atom. The number of rotatable bonds is 0. The summed E-state index contributed by atoms with van der Waals surface area (Å²) in [6.07, 6.45) is 0. The molecule has 0 aliphatic heterocycles. The topological polar surface area (TPSA) is 167 Å². The molecule has 0 aromatic heterocycles. The van der Waals surface area contributed by atoms with Crippen molar-refractivity contribution in [3.63, 3.8) is 0 Å². The number of isothiocyanates is 3. The normalized spacial score (nSPS) is 1.85. The Kier molecular flexibility index (Phi) is 721. The van der Waals surface area contributed by atoms with Crippen molar-refractivity contribution in [1.82, 2.24) is 0 Å². The van der Waals surface area contributed by atoms with Crippen LogP contribution in [0.2, 0.25) is 0 Å². The first-order valence-electron chi connectivity index (χ1n) is 1.28. The second kappa shape index (κ2) is 177. The van der Waals surface area contributed by atoms with Gasteiger partial charge in [-0.15, -0.1) is 0 Å². The summed E-state index contributed by atoms with van der Waals surface area (Å²) in [5.41, 5.74) is 0. The molecule has 0 spiro atoms. The fourth-order valence-corrected chi connectivity index (χ4v) is 0. The van der Waals surface area contributed by atoms with Gasteiger partial charge in [0.2, 0.25) is 0 Å². The van der Waals surface area contributed by atoms with E-state index in [1.54, 1.807) is 0 Å². The molecule has 1 radical (unpaired) electrons. The molecule has 0 amide bonds. The molecule has 13 heavy (non-hydrogen) atoms. The van der Waals surface area contributed by atoms with Crippen molar-refractivity contribution >= 4 is 52.1 Å². The third kappa shape index (κ3) is 24800. The summed E-state index contributed by atoms with van der Waals surface area (Å²) >= 11 is 11.1. The summed E-state index contributed by atoms with van der Waals surface area (Å²) in [4.78, 5) is 0. The first kappa shape index (κ1) is 53.1. The molecule has 0 saturated heterocycles. The molecule has 6 N–H and O–H groups in total. The molecule has 0 unspecified atom stereocenters. The molecule has 81 valence electrons. The molecule has 0 aromatic rings. The van der Waals surface area contributed by atoms with Gasteiger partial charge in [0, 0.05) is 16.8 Å². The van der Waals surface area contributed by atoms with Gasteiger partial charge < -0.3 is 34.7 Å². The number of hydrogen-bond acceptors (Lipinski definition) is 3. The molecule has 0 rings (SSSR count). The molecular formula is C3H6CoN6S3-6. The third-order valence-corrected chi connectivity index (χ3v) is 0. The maximum absolute atomic E-state index is 7.13. The number of hydrogen-bond donors (Lipinski definition) is 0. The molecule has 0 fully saturated rings. The van der Waals surface area contributed by atoms with Gasteiger partial charge in [0.05, 0.1) is 0 Å². The first-order chi connectivity index (χ1) is 4.24. The fourth-order valence-electron chi connectivity index (χ4n) is 0. The Hall–Kier alpha value is -0.214. The van der Waals surface area contributed by atoms with Gasteiger partial charge in [-0.1, -0.05) is 36.7 Å². The minimum Gasteiger partial charge on any atom is -0.753 e. The van der Waals surface area contributed by atoms with Gasteiger partial charge in [-0.2, -0.15) is 15.5 Å². The van der Waals surface area contributed by atoms with E-state index in [0.29, 0.717) is 0 Å². The minimum absolute atomic E-state index is 0. The van der Waals surface area contributed by atoms with E-state index in [1.807, 2.05) is 0 Å². The standard InChI is InChI=1S/3CNS.Co.3H2N/c3*2-1-3;;;;/h;;;;3*1H2/q3*-1;;3*-1. The Morgan fingerprint density at radius 1 is 0.615 bits per heavy atom.